The summed E-state index contributed by atoms with van der Waals surface area (Å²) < 4.78 is 31.0. The molecule has 3 rings (SSSR count). The molecule has 1 aliphatic rings. The summed E-state index contributed by atoms with van der Waals surface area (Å²) in [5, 5.41) is 10.1. The molecule has 0 bridgehead atoms. The molecule has 0 aliphatic carbocycles. The third kappa shape index (κ3) is 4.51. The number of sulfone groups is 1. The first kappa shape index (κ1) is 19.0. The van der Waals surface area contributed by atoms with Crippen LogP contribution in [0, 0.1) is 0 Å². The molecule has 1 fully saturated rings. The van der Waals surface area contributed by atoms with E-state index in [1.54, 1.807) is 30.3 Å². The number of likely N-dealkylation sites (tertiary alicyclic amines) is 1. The van der Waals surface area contributed by atoms with E-state index in [-0.39, 0.29) is 11.9 Å². The van der Waals surface area contributed by atoms with Gasteiger partial charge in [-0.05, 0) is 30.2 Å². The van der Waals surface area contributed by atoms with Crippen LogP contribution < -0.4 is 0 Å². The zero-order chi connectivity index (χ0) is 18.6. The van der Waals surface area contributed by atoms with E-state index in [9.17, 15) is 13.5 Å². The second kappa shape index (κ2) is 8.31. The highest BCUT2D eigenvalue weighted by Gasteiger charge is 2.32. The first-order valence-corrected chi connectivity index (χ1v) is 10.5. The molecule has 0 spiro atoms. The maximum Gasteiger partial charge on any atom is 0.182 e. The fourth-order valence-electron chi connectivity index (χ4n) is 3.35. The maximum absolute atomic E-state index is 12.7. The number of ether oxygens (including phenoxy) is 1. The van der Waals surface area contributed by atoms with E-state index in [1.807, 2.05) is 31.2 Å². The van der Waals surface area contributed by atoms with E-state index >= 15 is 0 Å². The number of aliphatic hydroxyl groups excluding tert-OH is 1. The lowest BCUT2D eigenvalue weighted by Crippen LogP contribution is -2.26. The van der Waals surface area contributed by atoms with Crippen molar-refractivity contribution in [1.82, 2.24) is 4.90 Å². The molecule has 1 N–H and O–H groups in total. The van der Waals surface area contributed by atoms with Gasteiger partial charge in [0.1, 0.15) is 0 Å². The van der Waals surface area contributed by atoms with Crippen LogP contribution in [0.3, 0.4) is 0 Å². The van der Waals surface area contributed by atoms with E-state index in [2.05, 4.69) is 4.90 Å². The zero-order valence-electron chi connectivity index (χ0n) is 14.9. The molecule has 140 valence electrons. The standard InChI is InChI=1S/C20H25NO4S/c1-2-25-20-14-21(13-19(20)22)12-16-8-6-7-9-17(16)15-26(23,24)18-10-4-3-5-11-18/h3-11,19-20,22H,2,12-15H2,1H3/t19-,20-/m0/s1. The van der Waals surface area contributed by atoms with E-state index in [0.717, 1.165) is 11.1 Å². The van der Waals surface area contributed by atoms with Crippen LogP contribution in [0.15, 0.2) is 59.5 Å². The van der Waals surface area contributed by atoms with E-state index in [1.165, 1.54) is 0 Å². The van der Waals surface area contributed by atoms with Crippen LogP contribution >= 0.6 is 0 Å². The number of β-amino-alcohol motifs (C(OH)–C–C–N with tert-alkyl or cyclic N) is 1. The Morgan fingerprint density at radius 2 is 1.69 bits per heavy atom. The van der Waals surface area contributed by atoms with Crippen molar-refractivity contribution in [2.24, 2.45) is 0 Å². The Morgan fingerprint density at radius 1 is 1.04 bits per heavy atom. The second-order valence-electron chi connectivity index (χ2n) is 6.60. The predicted octanol–water partition coefficient (Wildman–Crippen LogP) is 2.24. The van der Waals surface area contributed by atoms with Gasteiger partial charge in [0.05, 0.1) is 22.9 Å². The molecule has 0 radical (unpaired) electrons. The zero-order valence-corrected chi connectivity index (χ0v) is 15.7. The molecule has 0 unspecified atom stereocenters. The summed E-state index contributed by atoms with van der Waals surface area (Å²) >= 11 is 0. The highest BCUT2D eigenvalue weighted by atomic mass is 32.2. The van der Waals surface area contributed by atoms with Crippen molar-refractivity contribution in [1.29, 1.82) is 0 Å². The molecule has 2 aromatic carbocycles. The largest absolute Gasteiger partial charge is 0.389 e. The van der Waals surface area contributed by atoms with Gasteiger partial charge < -0.3 is 9.84 Å². The summed E-state index contributed by atoms with van der Waals surface area (Å²) in [6.45, 7) is 4.26. The van der Waals surface area contributed by atoms with Crippen LogP contribution in [0.5, 0.6) is 0 Å². The second-order valence-corrected chi connectivity index (χ2v) is 8.59. The molecule has 2 atom stereocenters. The number of hydrogen-bond acceptors (Lipinski definition) is 5. The normalized spacial score (nSPS) is 21.2. The first-order valence-electron chi connectivity index (χ1n) is 8.86. The SMILES string of the molecule is CCO[C@H]1CN(Cc2ccccc2CS(=O)(=O)c2ccccc2)C[C@@H]1O. The molecule has 0 aromatic heterocycles. The minimum atomic E-state index is -3.39. The molecule has 26 heavy (non-hydrogen) atoms. The molecule has 0 saturated carbocycles. The van der Waals surface area contributed by atoms with Crippen LogP contribution in [-0.2, 0) is 26.9 Å². The number of hydrogen-bond donors (Lipinski definition) is 1. The van der Waals surface area contributed by atoms with Crippen molar-refractivity contribution in [3.05, 3.63) is 65.7 Å². The van der Waals surface area contributed by atoms with Crippen LogP contribution in [0.25, 0.3) is 0 Å². The van der Waals surface area contributed by atoms with Crippen molar-refractivity contribution < 1.29 is 18.3 Å². The molecule has 2 aromatic rings. The Bertz CT molecular complexity index is 823. The van der Waals surface area contributed by atoms with Crippen LogP contribution in [0.1, 0.15) is 18.1 Å². The van der Waals surface area contributed by atoms with Gasteiger partial charge in [0.25, 0.3) is 0 Å². The Morgan fingerprint density at radius 3 is 2.38 bits per heavy atom. The van der Waals surface area contributed by atoms with Crippen molar-refractivity contribution in [2.75, 3.05) is 19.7 Å². The highest BCUT2D eigenvalue weighted by molar-refractivity contribution is 7.90. The van der Waals surface area contributed by atoms with Gasteiger partial charge in [-0.1, -0.05) is 42.5 Å². The summed E-state index contributed by atoms with van der Waals surface area (Å²) in [5.74, 6) is -0.0293. The van der Waals surface area contributed by atoms with Gasteiger partial charge in [0.15, 0.2) is 9.84 Å². The van der Waals surface area contributed by atoms with Gasteiger partial charge in [-0.15, -0.1) is 0 Å². The minimum absolute atomic E-state index is 0.0293. The maximum atomic E-state index is 12.7. The summed E-state index contributed by atoms with van der Waals surface area (Å²) in [6, 6.07) is 16.1. The smallest absolute Gasteiger partial charge is 0.182 e. The average Bonchev–Trinajstić information content (AvgIpc) is 2.97. The molecule has 1 saturated heterocycles. The predicted molar refractivity (Wildman–Crippen MR) is 100 cm³/mol. The minimum Gasteiger partial charge on any atom is -0.389 e. The Balaban J connectivity index is 1.75. The molecular weight excluding hydrogens is 350 g/mol. The van der Waals surface area contributed by atoms with Gasteiger partial charge in [-0.3, -0.25) is 4.90 Å². The lowest BCUT2D eigenvalue weighted by molar-refractivity contribution is -0.00245. The van der Waals surface area contributed by atoms with E-state index in [0.29, 0.717) is 31.1 Å². The first-order chi connectivity index (χ1) is 12.5. The monoisotopic (exact) mass is 375 g/mol. The third-order valence-electron chi connectivity index (χ3n) is 4.65. The van der Waals surface area contributed by atoms with E-state index < -0.39 is 15.9 Å². The van der Waals surface area contributed by atoms with Gasteiger partial charge in [-0.25, -0.2) is 8.42 Å². The Labute approximate surface area is 155 Å². The summed E-state index contributed by atoms with van der Waals surface area (Å²) in [7, 11) is -3.39. The topological polar surface area (TPSA) is 66.8 Å². The quantitative estimate of drug-likeness (QED) is 0.804. The summed E-state index contributed by atoms with van der Waals surface area (Å²) in [4.78, 5) is 2.45. The van der Waals surface area contributed by atoms with Crippen molar-refractivity contribution in [3.8, 4) is 0 Å². The Kier molecular flexibility index (Phi) is 6.09. The molecule has 1 heterocycles. The fourth-order valence-corrected chi connectivity index (χ4v) is 4.78. The van der Waals surface area contributed by atoms with Crippen LogP contribution in [0.4, 0.5) is 0 Å². The summed E-state index contributed by atoms with van der Waals surface area (Å²) in [5.41, 5.74) is 1.77. The van der Waals surface area contributed by atoms with Crippen LogP contribution in [-0.4, -0.2) is 50.3 Å². The van der Waals surface area contributed by atoms with Crippen LogP contribution in [0.2, 0.25) is 0 Å². The van der Waals surface area contributed by atoms with Crippen molar-refractivity contribution in [3.63, 3.8) is 0 Å². The van der Waals surface area contributed by atoms with Gasteiger partial charge in [0, 0.05) is 26.2 Å². The molecule has 6 heteroatoms. The highest BCUT2D eigenvalue weighted by Crippen LogP contribution is 2.22. The number of rotatable bonds is 7. The van der Waals surface area contributed by atoms with Crippen molar-refractivity contribution in [2.45, 2.75) is 36.3 Å². The molecule has 5 nitrogen and oxygen atoms in total. The lowest BCUT2D eigenvalue weighted by Gasteiger charge is -2.18. The number of nitrogens with zero attached hydrogens (tertiary/aromatic N) is 1. The number of aliphatic hydroxyl groups is 1. The van der Waals surface area contributed by atoms with E-state index in [4.69, 9.17) is 4.74 Å². The molecule has 1 aliphatic heterocycles. The summed E-state index contributed by atoms with van der Waals surface area (Å²) in [6.07, 6.45) is -0.685. The number of benzene rings is 2. The van der Waals surface area contributed by atoms with Gasteiger partial charge in [-0.2, -0.15) is 0 Å². The van der Waals surface area contributed by atoms with Gasteiger partial charge >= 0.3 is 0 Å². The van der Waals surface area contributed by atoms with Crippen molar-refractivity contribution >= 4 is 9.84 Å². The molecular formula is C20H25NO4S. The lowest BCUT2D eigenvalue weighted by atomic mass is 10.1. The molecule has 0 amide bonds. The fraction of sp³-hybridized carbons (Fsp3) is 0.400. The van der Waals surface area contributed by atoms with Gasteiger partial charge in [0.2, 0.25) is 0 Å². The Hall–Kier alpha value is -1.73. The average molecular weight is 375 g/mol. The third-order valence-corrected chi connectivity index (χ3v) is 6.33.